The zero-order chi connectivity index (χ0) is 20.4. The van der Waals surface area contributed by atoms with Crippen molar-refractivity contribution in [2.24, 2.45) is 0 Å². The van der Waals surface area contributed by atoms with E-state index in [1.165, 1.54) is 0 Å². The summed E-state index contributed by atoms with van der Waals surface area (Å²) < 4.78 is 6.02. The number of aromatic nitrogens is 3. The molecule has 2 aromatic heterocycles. The molecule has 0 aliphatic carbocycles. The molecule has 152 valence electrons. The van der Waals surface area contributed by atoms with Crippen LogP contribution in [-0.4, -0.2) is 39.1 Å². The molecule has 0 unspecified atom stereocenters. The van der Waals surface area contributed by atoms with E-state index in [1.807, 2.05) is 35.2 Å². The van der Waals surface area contributed by atoms with Gasteiger partial charge in [0.2, 0.25) is 0 Å². The number of aromatic amines is 1. The van der Waals surface area contributed by atoms with Gasteiger partial charge in [-0.25, -0.2) is 4.98 Å². The molecule has 7 heteroatoms. The monoisotopic (exact) mass is 412 g/mol. The molecule has 1 amide bonds. The molecule has 1 fully saturated rings. The third-order valence-corrected chi connectivity index (χ3v) is 5.57. The summed E-state index contributed by atoms with van der Waals surface area (Å²) in [6.07, 6.45) is 4.30. The van der Waals surface area contributed by atoms with E-state index in [9.17, 15) is 4.79 Å². The minimum absolute atomic E-state index is 0.0384. The van der Waals surface area contributed by atoms with Gasteiger partial charge in [-0.3, -0.25) is 9.89 Å². The average molecular weight is 413 g/mol. The van der Waals surface area contributed by atoms with Gasteiger partial charge in [-0.05, 0) is 42.5 Å². The van der Waals surface area contributed by atoms with E-state index in [4.69, 9.17) is 16.0 Å². The lowest BCUT2D eigenvalue weighted by atomic mass is 9.97. The summed E-state index contributed by atoms with van der Waals surface area (Å²) >= 11 is 6.06. The number of piperidine rings is 1. The Kier molecular flexibility index (Phi) is 5.72. The van der Waals surface area contributed by atoms with Crippen molar-refractivity contribution < 1.29 is 9.21 Å². The second-order valence-electron chi connectivity index (χ2n) is 7.93. The van der Waals surface area contributed by atoms with Gasteiger partial charge in [-0.15, -0.1) is 0 Å². The number of hydrogen-bond acceptors (Lipinski definition) is 4. The lowest BCUT2D eigenvalue weighted by Gasteiger charge is -2.30. The maximum Gasteiger partial charge on any atom is 0.274 e. The number of benzene rings is 1. The van der Waals surface area contributed by atoms with Crippen molar-refractivity contribution in [3.8, 4) is 0 Å². The first-order valence-electron chi connectivity index (χ1n) is 10.0. The van der Waals surface area contributed by atoms with Crippen molar-refractivity contribution in [2.45, 2.75) is 44.9 Å². The van der Waals surface area contributed by atoms with Gasteiger partial charge in [0.05, 0.1) is 12.1 Å². The lowest BCUT2D eigenvalue weighted by molar-refractivity contribution is 0.0692. The Labute approximate surface area is 175 Å². The summed E-state index contributed by atoms with van der Waals surface area (Å²) in [5, 5.41) is 7.87. The smallest absolute Gasteiger partial charge is 0.274 e. The molecule has 1 N–H and O–H groups in total. The Balaban J connectivity index is 1.43. The maximum absolute atomic E-state index is 12.9. The predicted octanol–water partition coefficient (Wildman–Crippen LogP) is 4.79. The van der Waals surface area contributed by atoms with Crippen molar-refractivity contribution in [1.29, 1.82) is 0 Å². The van der Waals surface area contributed by atoms with Crippen LogP contribution in [0.15, 0.2) is 40.9 Å². The molecular formula is C22H25ClN4O2. The van der Waals surface area contributed by atoms with Gasteiger partial charge in [0.25, 0.3) is 5.91 Å². The SMILES string of the molecule is CC(C)c1cc(C(=O)N2CCC[C@@H](c3ncc(Cc4cccc(Cl)c4)o3)C2)n[nH]1. The van der Waals surface area contributed by atoms with Crippen LogP contribution in [0.3, 0.4) is 0 Å². The van der Waals surface area contributed by atoms with Crippen LogP contribution in [0.1, 0.15) is 71.9 Å². The quantitative estimate of drug-likeness (QED) is 0.654. The number of likely N-dealkylation sites (tertiary alicyclic amines) is 1. The van der Waals surface area contributed by atoms with Crippen LogP contribution < -0.4 is 0 Å². The van der Waals surface area contributed by atoms with Gasteiger partial charge in [0.15, 0.2) is 5.89 Å². The Bertz CT molecular complexity index is 994. The molecule has 4 rings (SSSR count). The number of carbonyl (C=O) groups is 1. The number of nitrogens with zero attached hydrogens (tertiary/aromatic N) is 3. The lowest BCUT2D eigenvalue weighted by Crippen LogP contribution is -2.39. The Morgan fingerprint density at radius 1 is 1.38 bits per heavy atom. The molecule has 0 bridgehead atoms. The van der Waals surface area contributed by atoms with Gasteiger partial charge in [0, 0.05) is 30.2 Å². The number of H-pyrrole nitrogens is 1. The number of oxazole rings is 1. The molecule has 1 aromatic carbocycles. The molecule has 29 heavy (non-hydrogen) atoms. The maximum atomic E-state index is 12.9. The highest BCUT2D eigenvalue weighted by Crippen LogP contribution is 2.28. The zero-order valence-corrected chi connectivity index (χ0v) is 17.4. The molecule has 3 heterocycles. The highest BCUT2D eigenvalue weighted by molar-refractivity contribution is 6.30. The van der Waals surface area contributed by atoms with Crippen molar-refractivity contribution in [1.82, 2.24) is 20.1 Å². The molecule has 0 saturated carbocycles. The van der Waals surface area contributed by atoms with E-state index in [-0.39, 0.29) is 11.8 Å². The summed E-state index contributed by atoms with van der Waals surface area (Å²) in [4.78, 5) is 19.2. The third-order valence-electron chi connectivity index (χ3n) is 5.34. The van der Waals surface area contributed by atoms with E-state index in [0.29, 0.717) is 35.5 Å². The first-order chi connectivity index (χ1) is 14.0. The van der Waals surface area contributed by atoms with Crippen LogP contribution in [0.2, 0.25) is 5.02 Å². The van der Waals surface area contributed by atoms with Crippen LogP contribution in [-0.2, 0) is 6.42 Å². The number of hydrogen-bond donors (Lipinski definition) is 1. The second-order valence-corrected chi connectivity index (χ2v) is 8.36. The highest BCUT2D eigenvalue weighted by atomic mass is 35.5. The Hall–Kier alpha value is -2.60. The highest BCUT2D eigenvalue weighted by Gasteiger charge is 2.29. The summed E-state index contributed by atoms with van der Waals surface area (Å²) in [5.41, 5.74) is 2.53. The number of halogens is 1. The van der Waals surface area contributed by atoms with Crippen LogP contribution in [0.25, 0.3) is 0 Å². The van der Waals surface area contributed by atoms with E-state index in [2.05, 4.69) is 29.0 Å². The first kappa shape index (κ1) is 19.7. The molecular weight excluding hydrogens is 388 g/mol. The van der Waals surface area contributed by atoms with Crippen molar-refractivity contribution in [3.63, 3.8) is 0 Å². The summed E-state index contributed by atoms with van der Waals surface area (Å²) in [6, 6.07) is 9.59. The fraction of sp³-hybridized carbons (Fsp3) is 0.409. The first-order valence-corrected chi connectivity index (χ1v) is 10.4. The van der Waals surface area contributed by atoms with Crippen LogP contribution in [0.4, 0.5) is 0 Å². The number of amides is 1. The fourth-order valence-corrected chi connectivity index (χ4v) is 3.92. The number of nitrogens with one attached hydrogen (secondary N) is 1. The Morgan fingerprint density at radius 2 is 2.24 bits per heavy atom. The van der Waals surface area contributed by atoms with E-state index in [1.54, 1.807) is 6.20 Å². The molecule has 0 radical (unpaired) electrons. The van der Waals surface area contributed by atoms with Crippen molar-refractivity contribution >= 4 is 17.5 Å². The van der Waals surface area contributed by atoms with Gasteiger partial charge in [0.1, 0.15) is 11.5 Å². The third kappa shape index (κ3) is 4.53. The predicted molar refractivity (Wildman–Crippen MR) is 111 cm³/mol. The van der Waals surface area contributed by atoms with E-state index >= 15 is 0 Å². The molecule has 1 aliphatic rings. The molecule has 6 nitrogen and oxygen atoms in total. The molecule has 1 aliphatic heterocycles. The molecule has 1 atom stereocenters. The van der Waals surface area contributed by atoms with E-state index < -0.39 is 0 Å². The van der Waals surface area contributed by atoms with Gasteiger partial charge in [-0.2, -0.15) is 5.10 Å². The fourth-order valence-electron chi connectivity index (χ4n) is 3.71. The average Bonchev–Trinajstić information content (AvgIpc) is 3.37. The van der Waals surface area contributed by atoms with Gasteiger partial charge >= 0.3 is 0 Å². The van der Waals surface area contributed by atoms with E-state index in [0.717, 1.165) is 36.4 Å². The van der Waals surface area contributed by atoms with Crippen LogP contribution in [0.5, 0.6) is 0 Å². The number of carbonyl (C=O) groups excluding carboxylic acids is 1. The molecule has 3 aromatic rings. The van der Waals surface area contributed by atoms with Crippen molar-refractivity contribution in [2.75, 3.05) is 13.1 Å². The molecule has 1 saturated heterocycles. The van der Waals surface area contributed by atoms with Gasteiger partial charge in [-0.1, -0.05) is 37.6 Å². The standard InChI is InChI=1S/C22H25ClN4O2/c1-14(2)19-11-20(26-25-19)22(28)27-8-4-6-16(13-27)21-24-12-18(29-21)10-15-5-3-7-17(23)9-15/h3,5,7,9,11-12,14,16H,4,6,8,10,13H2,1-2H3,(H,25,26)/t16-/m1/s1. The zero-order valence-electron chi connectivity index (χ0n) is 16.7. The summed E-state index contributed by atoms with van der Waals surface area (Å²) in [5.74, 6) is 1.88. The second kappa shape index (κ2) is 8.41. The molecule has 0 spiro atoms. The Morgan fingerprint density at radius 3 is 3.00 bits per heavy atom. The number of rotatable bonds is 5. The van der Waals surface area contributed by atoms with Crippen LogP contribution in [0, 0.1) is 0 Å². The largest absolute Gasteiger partial charge is 0.445 e. The van der Waals surface area contributed by atoms with Gasteiger partial charge < -0.3 is 9.32 Å². The minimum Gasteiger partial charge on any atom is -0.445 e. The normalized spacial score (nSPS) is 17.1. The van der Waals surface area contributed by atoms with Crippen LogP contribution >= 0.6 is 11.6 Å². The minimum atomic E-state index is -0.0384. The summed E-state index contributed by atoms with van der Waals surface area (Å²) in [7, 11) is 0. The summed E-state index contributed by atoms with van der Waals surface area (Å²) in [6.45, 7) is 5.47. The van der Waals surface area contributed by atoms with Crippen molar-refractivity contribution in [3.05, 3.63) is 70.2 Å². The topological polar surface area (TPSA) is 75.0 Å².